The highest BCUT2D eigenvalue weighted by atomic mass is 19.1. The Hall–Kier alpha value is -1.99. The maximum Gasteiger partial charge on any atom is 0.261 e. The van der Waals surface area contributed by atoms with Gasteiger partial charge in [-0.25, -0.2) is 4.39 Å². The molecule has 3 rings (SSSR count). The van der Waals surface area contributed by atoms with Crippen LogP contribution in [-0.4, -0.2) is 53.7 Å². The van der Waals surface area contributed by atoms with Gasteiger partial charge in [-0.2, -0.15) is 4.98 Å². The molecule has 21 heavy (non-hydrogen) atoms. The first-order chi connectivity index (χ1) is 10.0. The number of rotatable bonds is 2. The Morgan fingerprint density at radius 2 is 2.14 bits per heavy atom. The van der Waals surface area contributed by atoms with E-state index in [2.05, 4.69) is 27.0 Å². The smallest absolute Gasteiger partial charge is 0.261 e. The Kier molecular flexibility index (Phi) is 3.60. The third-order valence-corrected chi connectivity index (χ3v) is 3.81. The number of hydrogen-bond acceptors (Lipinski definition) is 6. The maximum absolute atomic E-state index is 13.8. The number of benzene rings is 1. The Morgan fingerprint density at radius 3 is 2.95 bits per heavy atom. The molecule has 1 aromatic carbocycles. The zero-order valence-electron chi connectivity index (χ0n) is 12.1. The van der Waals surface area contributed by atoms with Crippen LogP contribution < -0.4 is 5.73 Å². The van der Waals surface area contributed by atoms with Crippen LogP contribution in [0.15, 0.2) is 22.7 Å². The molecule has 2 aromatic rings. The van der Waals surface area contributed by atoms with Crippen molar-refractivity contribution in [1.82, 2.24) is 19.9 Å². The van der Waals surface area contributed by atoms with Gasteiger partial charge in [0.05, 0.1) is 11.6 Å². The van der Waals surface area contributed by atoms with Gasteiger partial charge < -0.3 is 15.2 Å². The van der Waals surface area contributed by atoms with Crippen molar-refractivity contribution < 1.29 is 8.91 Å². The summed E-state index contributed by atoms with van der Waals surface area (Å²) in [6, 6.07) is 4.35. The largest absolute Gasteiger partial charge is 0.399 e. The van der Waals surface area contributed by atoms with Crippen LogP contribution in [-0.2, 0) is 0 Å². The number of nitrogens with zero attached hydrogens (tertiary/aromatic N) is 4. The molecule has 0 amide bonds. The van der Waals surface area contributed by atoms with Crippen LogP contribution >= 0.6 is 0 Å². The predicted octanol–water partition coefficient (Wildman–Crippen LogP) is 1.38. The lowest BCUT2D eigenvalue weighted by molar-refractivity contribution is 0.108. The fourth-order valence-electron chi connectivity index (χ4n) is 2.48. The standard InChI is InChI=1S/C14H18FN5O/c1-19-5-6-20(2)12(8-19)13-17-14(21-18-13)10-7-9(16)3-4-11(10)15/h3-4,7,12H,5-6,8,16H2,1-2H3. The Bertz CT molecular complexity index is 644. The summed E-state index contributed by atoms with van der Waals surface area (Å²) in [5.74, 6) is 0.311. The summed E-state index contributed by atoms with van der Waals surface area (Å²) >= 11 is 0. The molecule has 1 saturated heterocycles. The average molecular weight is 291 g/mol. The molecule has 112 valence electrons. The minimum Gasteiger partial charge on any atom is -0.399 e. The molecule has 0 bridgehead atoms. The van der Waals surface area contributed by atoms with Crippen LogP contribution in [0.5, 0.6) is 0 Å². The number of piperazine rings is 1. The Labute approximate surface area is 122 Å². The van der Waals surface area contributed by atoms with Gasteiger partial charge in [0.2, 0.25) is 0 Å². The topological polar surface area (TPSA) is 71.4 Å². The van der Waals surface area contributed by atoms with Crippen molar-refractivity contribution in [3.63, 3.8) is 0 Å². The molecule has 0 saturated carbocycles. The SMILES string of the molecule is CN1CCN(C)C(c2noc(-c3cc(N)ccc3F)n2)C1. The van der Waals surface area contributed by atoms with E-state index in [1.165, 1.54) is 18.2 Å². The molecule has 1 aromatic heterocycles. The van der Waals surface area contributed by atoms with Gasteiger partial charge in [0.25, 0.3) is 5.89 Å². The molecule has 0 aliphatic carbocycles. The van der Waals surface area contributed by atoms with E-state index in [9.17, 15) is 4.39 Å². The van der Waals surface area contributed by atoms with Crippen molar-refractivity contribution in [3.8, 4) is 11.5 Å². The number of nitrogens with two attached hydrogens (primary N) is 1. The quantitative estimate of drug-likeness (QED) is 0.843. The van der Waals surface area contributed by atoms with Gasteiger partial charge in [0, 0.05) is 25.3 Å². The van der Waals surface area contributed by atoms with Gasteiger partial charge in [-0.15, -0.1) is 0 Å². The molecule has 1 unspecified atom stereocenters. The second-order valence-corrected chi connectivity index (χ2v) is 5.46. The summed E-state index contributed by atoms with van der Waals surface area (Å²) in [5.41, 5.74) is 6.38. The first-order valence-electron chi connectivity index (χ1n) is 6.82. The number of nitrogen functional groups attached to an aromatic ring is 1. The second kappa shape index (κ2) is 5.42. The van der Waals surface area contributed by atoms with Crippen molar-refractivity contribution in [1.29, 1.82) is 0 Å². The van der Waals surface area contributed by atoms with E-state index in [0.29, 0.717) is 11.5 Å². The molecule has 0 radical (unpaired) electrons. The van der Waals surface area contributed by atoms with Crippen molar-refractivity contribution >= 4 is 5.69 Å². The lowest BCUT2D eigenvalue weighted by Gasteiger charge is -2.35. The number of aromatic nitrogens is 2. The highest BCUT2D eigenvalue weighted by Crippen LogP contribution is 2.27. The first-order valence-corrected chi connectivity index (χ1v) is 6.82. The minimum absolute atomic E-state index is 0.0466. The van der Waals surface area contributed by atoms with Gasteiger partial charge in [-0.3, -0.25) is 4.90 Å². The number of halogens is 1. The second-order valence-electron chi connectivity index (χ2n) is 5.46. The predicted molar refractivity (Wildman–Crippen MR) is 77.0 cm³/mol. The van der Waals surface area contributed by atoms with E-state index in [4.69, 9.17) is 10.3 Å². The van der Waals surface area contributed by atoms with Crippen molar-refractivity contribution in [2.75, 3.05) is 39.5 Å². The van der Waals surface area contributed by atoms with Gasteiger partial charge in [-0.05, 0) is 32.3 Å². The highest BCUT2D eigenvalue weighted by molar-refractivity contribution is 5.60. The third kappa shape index (κ3) is 2.74. The lowest BCUT2D eigenvalue weighted by Crippen LogP contribution is -2.45. The molecular weight excluding hydrogens is 273 g/mol. The normalized spacial score (nSPS) is 20.8. The molecule has 1 atom stereocenters. The fraction of sp³-hybridized carbons (Fsp3) is 0.429. The van der Waals surface area contributed by atoms with Crippen molar-refractivity contribution in [3.05, 3.63) is 29.8 Å². The van der Waals surface area contributed by atoms with E-state index in [1.807, 2.05) is 7.05 Å². The summed E-state index contributed by atoms with van der Waals surface area (Å²) in [7, 11) is 4.08. The Morgan fingerprint density at radius 1 is 1.33 bits per heavy atom. The molecule has 1 fully saturated rings. The molecule has 6 nitrogen and oxygen atoms in total. The molecule has 0 spiro atoms. The van der Waals surface area contributed by atoms with E-state index in [1.54, 1.807) is 0 Å². The summed E-state index contributed by atoms with van der Waals surface area (Å²) in [6.45, 7) is 2.74. The molecule has 2 N–H and O–H groups in total. The number of hydrogen-bond donors (Lipinski definition) is 1. The van der Waals surface area contributed by atoms with Crippen LogP contribution in [0.3, 0.4) is 0 Å². The van der Waals surface area contributed by atoms with Crippen molar-refractivity contribution in [2.45, 2.75) is 6.04 Å². The first kappa shape index (κ1) is 14.0. The lowest BCUT2D eigenvalue weighted by atomic mass is 10.1. The number of likely N-dealkylation sites (N-methyl/N-ethyl adjacent to an activating group) is 2. The summed E-state index contributed by atoms with van der Waals surface area (Å²) in [6.07, 6.45) is 0. The van der Waals surface area contributed by atoms with Crippen LogP contribution in [0.1, 0.15) is 11.9 Å². The van der Waals surface area contributed by atoms with Crippen LogP contribution in [0.25, 0.3) is 11.5 Å². The van der Waals surface area contributed by atoms with E-state index in [-0.39, 0.29) is 17.5 Å². The van der Waals surface area contributed by atoms with Gasteiger partial charge >= 0.3 is 0 Å². The summed E-state index contributed by atoms with van der Waals surface area (Å²) in [4.78, 5) is 8.73. The Balaban J connectivity index is 1.91. The molecule has 1 aliphatic rings. The fourth-order valence-corrected chi connectivity index (χ4v) is 2.48. The highest BCUT2D eigenvalue weighted by Gasteiger charge is 2.28. The van der Waals surface area contributed by atoms with E-state index in [0.717, 1.165) is 19.6 Å². The average Bonchev–Trinajstić information content (AvgIpc) is 2.93. The maximum atomic E-state index is 13.8. The summed E-state index contributed by atoms with van der Waals surface area (Å²) in [5, 5.41) is 4.01. The van der Waals surface area contributed by atoms with Gasteiger partial charge in [0.15, 0.2) is 5.82 Å². The molecule has 7 heteroatoms. The molecule has 1 aliphatic heterocycles. The van der Waals surface area contributed by atoms with Crippen LogP contribution in [0.4, 0.5) is 10.1 Å². The zero-order chi connectivity index (χ0) is 15.0. The van der Waals surface area contributed by atoms with Crippen molar-refractivity contribution in [2.24, 2.45) is 0 Å². The number of anilines is 1. The molecule has 2 heterocycles. The monoisotopic (exact) mass is 291 g/mol. The van der Waals surface area contributed by atoms with Gasteiger partial charge in [-0.1, -0.05) is 5.16 Å². The third-order valence-electron chi connectivity index (χ3n) is 3.81. The van der Waals surface area contributed by atoms with E-state index < -0.39 is 5.82 Å². The minimum atomic E-state index is -0.423. The van der Waals surface area contributed by atoms with E-state index >= 15 is 0 Å². The molecular formula is C14H18FN5O. The summed E-state index contributed by atoms with van der Waals surface area (Å²) < 4.78 is 19.1. The zero-order valence-corrected chi connectivity index (χ0v) is 12.1. The van der Waals surface area contributed by atoms with Gasteiger partial charge in [0.1, 0.15) is 5.82 Å². The van der Waals surface area contributed by atoms with Crippen LogP contribution in [0, 0.1) is 5.82 Å². The van der Waals surface area contributed by atoms with Crippen LogP contribution in [0.2, 0.25) is 0 Å².